The standard InChI is InChI=1S/C25H24BrClF3N3O2/c1-15(21(16-5-4-6-18(26)11-16)12-20-9-8-19(27)14-31-20)33-23(34)24(2,3)35-22-10-7-17(13-32-22)25(28,29)30/h4-11,13-15,21H,12H2,1-3H3,(H,33,34). The number of nitrogens with zero attached hydrogens (tertiary/aromatic N) is 2. The van der Waals surface area contributed by atoms with E-state index in [2.05, 4.69) is 31.2 Å². The van der Waals surface area contributed by atoms with Crippen LogP contribution in [0.4, 0.5) is 13.2 Å². The molecule has 2 heterocycles. The van der Waals surface area contributed by atoms with Gasteiger partial charge < -0.3 is 10.1 Å². The number of pyridine rings is 2. The highest BCUT2D eigenvalue weighted by molar-refractivity contribution is 9.10. The van der Waals surface area contributed by atoms with Crippen molar-refractivity contribution < 1.29 is 22.7 Å². The molecule has 0 saturated carbocycles. The summed E-state index contributed by atoms with van der Waals surface area (Å²) in [5.74, 6) is -0.652. The van der Waals surface area contributed by atoms with Gasteiger partial charge in [-0.25, -0.2) is 4.98 Å². The van der Waals surface area contributed by atoms with Crippen LogP contribution in [-0.2, 0) is 17.4 Å². The summed E-state index contributed by atoms with van der Waals surface area (Å²) in [5.41, 5.74) is -0.480. The number of alkyl halides is 3. The van der Waals surface area contributed by atoms with Gasteiger partial charge in [-0.2, -0.15) is 13.2 Å². The van der Waals surface area contributed by atoms with Crippen LogP contribution in [0.5, 0.6) is 5.88 Å². The number of hydrogen-bond donors (Lipinski definition) is 1. The van der Waals surface area contributed by atoms with E-state index in [0.29, 0.717) is 17.6 Å². The van der Waals surface area contributed by atoms with Gasteiger partial charge >= 0.3 is 6.18 Å². The van der Waals surface area contributed by atoms with Crippen LogP contribution in [0.1, 0.15) is 43.5 Å². The number of aromatic nitrogens is 2. The van der Waals surface area contributed by atoms with Gasteiger partial charge in [-0.15, -0.1) is 0 Å². The molecule has 3 rings (SSSR count). The fourth-order valence-corrected chi connectivity index (χ4v) is 4.00. The Morgan fingerprint density at radius 1 is 1.11 bits per heavy atom. The maximum atomic E-state index is 13.1. The number of amides is 1. The summed E-state index contributed by atoms with van der Waals surface area (Å²) in [6, 6.07) is 13.0. The summed E-state index contributed by atoms with van der Waals surface area (Å²) < 4.78 is 44.9. The minimum atomic E-state index is -4.51. The van der Waals surface area contributed by atoms with Gasteiger partial charge in [0.15, 0.2) is 5.60 Å². The highest BCUT2D eigenvalue weighted by Gasteiger charge is 2.34. The van der Waals surface area contributed by atoms with Crippen LogP contribution in [0.25, 0.3) is 0 Å². The molecule has 2 unspecified atom stereocenters. The number of benzene rings is 1. The minimum Gasteiger partial charge on any atom is -0.462 e. The molecule has 0 aliphatic carbocycles. The minimum absolute atomic E-state index is 0.0836. The molecule has 0 aliphatic rings. The Balaban J connectivity index is 1.76. The van der Waals surface area contributed by atoms with Crippen molar-refractivity contribution in [3.05, 3.63) is 87.2 Å². The highest BCUT2D eigenvalue weighted by atomic mass is 79.9. The first-order valence-electron chi connectivity index (χ1n) is 10.7. The lowest BCUT2D eigenvalue weighted by atomic mass is 9.87. The van der Waals surface area contributed by atoms with Crippen LogP contribution >= 0.6 is 27.5 Å². The fraction of sp³-hybridized carbons (Fsp3) is 0.320. The average Bonchev–Trinajstić information content (AvgIpc) is 2.78. The lowest BCUT2D eigenvalue weighted by Gasteiger charge is -2.30. The molecule has 0 fully saturated rings. The van der Waals surface area contributed by atoms with Gasteiger partial charge in [0, 0.05) is 40.6 Å². The number of ether oxygens (including phenoxy) is 1. The van der Waals surface area contributed by atoms with Crippen molar-refractivity contribution in [3.8, 4) is 5.88 Å². The van der Waals surface area contributed by atoms with Gasteiger partial charge in [-0.05, 0) is 63.1 Å². The van der Waals surface area contributed by atoms with Crippen LogP contribution in [0, 0.1) is 0 Å². The molecule has 0 saturated heterocycles. The third kappa shape index (κ3) is 7.41. The molecule has 0 bridgehead atoms. The second-order valence-corrected chi connectivity index (χ2v) is 9.94. The maximum absolute atomic E-state index is 13.1. The molecule has 2 aromatic heterocycles. The predicted octanol–water partition coefficient (Wildman–Crippen LogP) is 6.60. The van der Waals surface area contributed by atoms with E-state index in [1.807, 2.05) is 37.3 Å². The van der Waals surface area contributed by atoms with E-state index in [4.69, 9.17) is 16.3 Å². The Kier molecular flexibility index (Phi) is 8.43. The monoisotopic (exact) mass is 569 g/mol. The van der Waals surface area contributed by atoms with Gasteiger partial charge in [-0.1, -0.05) is 39.7 Å². The van der Waals surface area contributed by atoms with Gasteiger partial charge in [0.2, 0.25) is 5.88 Å². The number of hydrogen-bond acceptors (Lipinski definition) is 4. The summed E-state index contributed by atoms with van der Waals surface area (Å²) in [6.45, 7) is 4.94. The van der Waals surface area contributed by atoms with Gasteiger partial charge in [0.05, 0.1) is 10.6 Å². The highest BCUT2D eigenvalue weighted by Crippen LogP contribution is 2.30. The van der Waals surface area contributed by atoms with E-state index in [-0.39, 0.29) is 17.8 Å². The molecule has 0 radical (unpaired) electrons. The molecule has 0 aliphatic heterocycles. The van der Waals surface area contributed by atoms with E-state index in [1.165, 1.54) is 13.8 Å². The second-order valence-electron chi connectivity index (χ2n) is 8.59. The van der Waals surface area contributed by atoms with Crippen molar-refractivity contribution in [3.63, 3.8) is 0 Å². The third-order valence-corrected chi connectivity index (χ3v) is 6.14. The summed E-state index contributed by atoms with van der Waals surface area (Å²) in [7, 11) is 0. The van der Waals surface area contributed by atoms with Crippen molar-refractivity contribution in [2.75, 3.05) is 0 Å². The first-order chi connectivity index (χ1) is 16.3. The Labute approximate surface area is 215 Å². The Bertz CT molecular complexity index is 1160. The predicted molar refractivity (Wildman–Crippen MR) is 131 cm³/mol. The van der Waals surface area contributed by atoms with Crippen LogP contribution < -0.4 is 10.1 Å². The Morgan fingerprint density at radius 2 is 1.86 bits per heavy atom. The number of carbonyl (C=O) groups excluding carboxylic acids is 1. The molecular formula is C25H24BrClF3N3O2. The number of halogens is 5. The average molecular weight is 571 g/mol. The van der Waals surface area contributed by atoms with Crippen LogP contribution in [0.2, 0.25) is 5.02 Å². The van der Waals surface area contributed by atoms with Gasteiger partial charge in [0.1, 0.15) is 0 Å². The third-order valence-electron chi connectivity index (χ3n) is 5.43. The smallest absolute Gasteiger partial charge is 0.417 e. The molecule has 0 spiro atoms. The summed E-state index contributed by atoms with van der Waals surface area (Å²) in [5, 5.41) is 3.52. The summed E-state index contributed by atoms with van der Waals surface area (Å²) in [4.78, 5) is 21.2. The van der Waals surface area contributed by atoms with Crippen LogP contribution in [0.15, 0.2) is 65.4 Å². The molecule has 2 atom stereocenters. The van der Waals surface area contributed by atoms with Crippen LogP contribution in [0.3, 0.4) is 0 Å². The molecule has 3 aromatic rings. The van der Waals surface area contributed by atoms with E-state index >= 15 is 0 Å². The first-order valence-corrected chi connectivity index (χ1v) is 11.9. The molecule has 1 amide bonds. The normalized spacial score (nSPS) is 13.7. The fourth-order valence-electron chi connectivity index (χ4n) is 3.47. The molecule has 1 aromatic carbocycles. The SMILES string of the molecule is CC(NC(=O)C(C)(C)Oc1ccc(C(F)(F)F)cn1)C(Cc1ccc(Cl)cn1)c1cccc(Br)c1. The molecular weight excluding hydrogens is 547 g/mol. The molecule has 1 N–H and O–H groups in total. The Morgan fingerprint density at radius 3 is 2.43 bits per heavy atom. The van der Waals surface area contributed by atoms with Gasteiger partial charge in [0.25, 0.3) is 5.91 Å². The topological polar surface area (TPSA) is 64.1 Å². The lowest BCUT2D eigenvalue weighted by Crippen LogP contribution is -2.51. The van der Waals surface area contributed by atoms with Crippen molar-refractivity contribution in [1.29, 1.82) is 0 Å². The zero-order valence-corrected chi connectivity index (χ0v) is 21.6. The Hall–Kier alpha value is -2.65. The van der Waals surface area contributed by atoms with E-state index in [0.717, 1.165) is 27.9 Å². The maximum Gasteiger partial charge on any atom is 0.417 e. The van der Waals surface area contributed by atoms with Crippen LogP contribution in [-0.4, -0.2) is 27.5 Å². The second kappa shape index (κ2) is 11.0. The number of rotatable bonds is 8. The zero-order valence-electron chi connectivity index (χ0n) is 19.2. The van der Waals surface area contributed by atoms with Gasteiger partial charge in [-0.3, -0.25) is 9.78 Å². The van der Waals surface area contributed by atoms with Crippen molar-refractivity contribution in [2.24, 2.45) is 0 Å². The lowest BCUT2D eigenvalue weighted by molar-refractivity contribution is -0.138. The summed E-state index contributed by atoms with van der Waals surface area (Å²) >= 11 is 9.46. The van der Waals surface area contributed by atoms with E-state index in [9.17, 15) is 18.0 Å². The van der Waals surface area contributed by atoms with Crippen molar-refractivity contribution in [2.45, 2.75) is 50.9 Å². The van der Waals surface area contributed by atoms with E-state index < -0.39 is 23.2 Å². The quantitative estimate of drug-likeness (QED) is 0.331. The molecule has 10 heteroatoms. The zero-order chi connectivity index (χ0) is 25.8. The number of nitrogens with one attached hydrogen (secondary N) is 1. The molecule has 35 heavy (non-hydrogen) atoms. The number of carbonyl (C=O) groups is 1. The molecule has 5 nitrogen and oxygen atoms in total. The first kappa shape index (κ1) is 26.9. The van der Waals surface area contributed by atoms with E-state index in [1.54, 1.807) is 12.3 Å². The molecule has 186 valence electrons. The van der Waals surface area contributed by atoms with Crippen molar-refractivity contribution >= 4 is 33.4 Å². The summed E-state index contributed by atoms with van der Waals surface area (Å²) in [6.07, 6.45) is -1.72. The largest absolute Gasteiger partial charge is 0.462 e. The van der Waals surface area contributed by atoms with Crippen molar-refractivity contribution in [1.82, 2.24) is 15.3 Å².